The fourth-order valence-corrected chi connectivity index (χ4v) is 3.69. The third-order valence-electron chi connectivity index (χ3n) is 4.67. The standard InChI is InChI=1S/C20H21NO3/c1-2-12-21-14-15-8-6-7-11-17(15)20(19(21)24,13-18(22)23)16-9-4-3-5-10-16/h3-11H,2,12-14H2,1H3,(H,22,23). The zero-order chi connectivity index (χ0) is 17.2. The van der Waals surface area contributed by atoms with E-state index in [1.54, 1.807) is 4.90 Å². The van der Waals surface area contributed by atoms with Gasteiger partial charge in [-0.2, -0.15) is 0 Å². The van der Waals surface area contributed by atoms with Crippen molar-refractivity contribution < 1.29 is 14.7 Å². The van der Waals surface area contributed by atoms with Crippen LogP contribution in [0.5, 0.6) is 0 Å². The van der Waals surface area contributed by atoms with Gasteiger partial charge >= 0.3 is 5.97 Å². The molecule has 2 aromatic carbocycles. The number of hydrogen-bond donors (Lipinski definition) is 1. The highest BCUT2D eigenvalue weighted by Crippen LogP contribution is 2.43. The molecule has 1 heterocycles. The highest BCUT2D eigenvalue weighted by molar-refractivity contribution is 5.97. The fourth-order valence-electron chi connectivity index (χ4n) is 3.69. The molecule has 0 saturated heterocycles. The van der Waals surface area contributed by atoms with E-state index in [2.05, 4.69) is 0 Å². The van der Waals surface area contributed by atoms with Gasteiger partial charge in [-0.15, -0.1) is 0 Å². The lowest BCUT2D eigenvalue weighted by Gasteiger charge is -2.43. The molecule has 1 N–H and O–H groups in total. The van der Waals surface area contributed by atoms with Crippen LogP contribution in [-0.2, 0) is 21.5 Å². The SMILES string of the molecule is CCCN1Cc2ccccc2C(CC(=O)O)(c2ccccc2)C1=O. The molecule has 124 valence electrons. The lowest BCUT2D eigenvalue weighted by Crippen LogP contribution is -2.52. The van der Waals surface area contributed by atoms with E-state index >= 15 is 0 Å². The highest BCUT2D eigenvalue weighted by Gasteiger charge is 2.49. The Morgan fingerprint density at radius 3 is 2.46 bits per heavy atom. The van der Waals surface area contributed by atoms with Crippen molar-refractivity contribution in [1.82, 2.24) is 4.90 Å². The Bertz CT molecular complexity index is 756. The van der Waals surface area contributed by atoms with Crippen LogP contribution in [0.2, 0.25) is 0 Å². The number of hydrogen-bond acceptors (Lipinski definition) is 2. The minimum atomic E-state index is -1.16. The van der Waals surface area contributed by atoms with Gasteiger partial charge in [0.05, 0.1) is 6.42 Å². The Morgan fingerprint density at radius 1 is 1.12 bits per heavy atom. The molecule has 1 amide bonds. The largest absolute Gasteiger partial charge is 0.481 e. The van der Waals surface area contributed by atoms with Crippen molar-refractivity contribution >= 4 is 11.9 Å². The number of benzene rings is 2. The van der Waals surface area contributed by atoms with E-state index in [-0.39, 0.29) is 12.3 Å². The van der Waals surface area contributed by atoms with Crippen molar-refractivity contribution in [2.45, 2.75) is 31.7 Å². The topological polar surface area (TPSA) is 57.6 Å². The maximum absolute atomic E-state index is 13.4. The molecule has 2 aromatic rings. The third-order valence-corrected chi connectivity index (χ3v) is 4.67. The summed E-state index contributed by atoms with van der Waals surface area (Å²) in [7, 11) is 0. The lowest BCUT2D eigenvalue weighted by molar-refractivity contribution is -0.146. The van der Waals surface area contributed by atoms with Crippen LogP contribution in [0.3, 0.4) is 0 Å². The van der Waals surface area contributed by atoms with E-state index in [9.17, 15) is 14.7 Å². The minimum Gasteiger partial charge on any atom is -0.481 e. The van der Waals surface area contributed by atoms with Crippen LogP contribution in [0.4, 0.5) is 0 Å². The Morgan fingerprint density at radius 2 is 1.79 bits per heavy atom. The number of amides is 1. The molecule has 1 atom stereocenters. The highest BCUT2D eigenvalue weighted by atomic mass is 16.4. The van der Waals surface area contributed by atoms with Crippen LogP contribution >= 0.6 is 0 Å². The monoisotopic (exact) mass is 323 g/mol. The normalized spacial score (nSPS) is 19.9. The van der Waals surface area contributed by atoms with E-state index in [0.29, 0.717) is 13.1 Å². The van der Waals surface area contributed by atoms with Crippen LogP contribution in [0.1, 0.15) is 36.5 Å². The van der Waals surface area contributed by atoms with Gasteiger partial charge in [0, 0.05) is 13.1 Å². The van der Waals surface area contributed by atoms with Gasteiger partial charge in [0.1, 0.15) is 5.41 Å². The van der Waals surface area contributed by atoms with Gasteiger partial charge in [-0.25, -0.2) is 0 Å². The summed E-state index contributed by atoms with van der Waals surface area (Å²) in [6.07, 6.45) is 0.596. The van der Waals surface area contributed by atoms with Crippen molar-refractivity contribution in [1.29, 1.82) is 0 Å². The predicted octanol–water partition coefficient (Wildman–Crippen LogP) is 3.20. The summed E-state index contributed by atoms with van der Waals surface area (Å²) in [5.74, 6) is -1.09. The van der Waals surface area contributed by atoms with Crippen LogP contribution < -0.4 is 0 Å². The second-order valence-electron chi connectivity index (χ2n) is 6.23. The summed E-state index contributed by atoms with van der Waals surface area (Å²) < 4.78 is 0. The van der Waals surface area contributed by atoms with E-state index in [0.717, 1.165) is 23.1 Å². The van der Waals surface area contributed by atoms with E-state index in [1.165, 1.54) is 0 Å². The first-order chi connectivity index (χ1) is 11.6. The van der Waals surface area contributed by atoms with Gasteiger partial charge < -0.3 is 10.0 Å². The number of carboxylic acids is 1. The van der Waals surface area contributed by atoms with Gasteiger partial charge in [0.25, 0.3) is 0 Å². The summed E-state index contributed by atoms with van der Waals surface area (Å²) in [6.45, 7) is 3.19. The maximum Gasteiger partial charge on any atom is 0.305 e. The van der Waals surface area contributed by atoms with Crippen LogP contribution in [0, 0.1) is 0 Å². The molecule has 0 aromatic heterocycles. The first-order valence-corrected chi connectivity index (χ1v) is 8.24. The van der Waals surface area contributed by atoms with Gasteiger partial charge in [0.15, 0.2) is 0 Å². The minimum absolute atomic E-state index is 0.114. The Balaban J connectivity index is 2.27. The van der Waals surface area contributed by atoms with E-state index in [4.69, 9.17) is 0 Å². The molecule has 1 aliphatic heterocycles. The van der Waals surface area contributed by atoms with E-state index < -0.39 is 11.4 Å². The molecule has 1 aliphatic rings. The molecule has 0 fully saturated rings. The Hall–Kier alpha value is -2.62. The zero-order valence-corrected chi connectivity index (χ0v) is 13.7. The van der Waals surface area contributed by atoms with E-state index in [1.807, 2.05) is 61.5 Å². The summed E-state index contributed by atoms with van der Waals surface area (Å²) in [6, 6.07) is 17.0. The molecule has 0 spiro atoms. The van der Waals surface area contributed by atoms with Crippen molar-refractivity contribution in [3.63, 3.8) is 0 Å². The van der Waals surface area contributed by atoms with Gasteiger partial charge in [-0.1, -0.05) is 61.5 Å². The summed E-state index contributed by atoms with van der Waals surface area (Å²) in [4.78, 5) is 26.9. The van der Waals surface area contributed by atoms with Crippen molar-refractivity contribution in [3.05, 3.63) is 71.3 Å². The molecule has 0 saturated carbocycles. The number of fused-ring (bicyclic) bond motifs is 1. The van der Waals surface area contributed by atoms with Crippen LogP contribution in [0.25, 0.3) is 0 Å². The number of carboxylic acid groups (broad SMARTS) is 1. The fraction of sp³-hybridized carbons (Fsp3) is 0.300. The Labute approximate surface area is 141 Å². The molecule has 4 heteroatoms. The predicted molar refractivity (Wildman–Crippen MR) is 91.6 cm³/mol. The first-order valence-electron chi connectivity index (χ1n) is 8.24. The summed E-state index contributed by atoms with van der Waals surface area (Å²) in [5, 5.41) is 9.58. The molecule has 0 aliphatic carbocycles. The zero-order valence-electron chi connectivity index (χ0n) is 13.7. The van der Waals surface area contributed by atoms with Crippen LogP contribution in [-0.4, -0.2) is 28.4 Å². The number of carbonyl (C=O) groups is 2. The number of rotatable bonds is 5. The maximum atomic E-state index is 13.4. The number of carbonyl (C=O) groups excluding carboxylic acids is 1. The molecule has 4 nitrogen and oxygen atoms in total. The van der Waals surface area contributed by atoms with Crippen molar-refractivity contribution in [3.8, 4) is 0 Å². The van der Waals surface area contributed by atoms with Crippen LogP contribution in [0.15, 0.2) is 54.6 Å². The summed E-state index contributed by atoms with van der Waals surface area (Å²) >= 11 is 0. The average molecular weight is 323 g/mol. The average Bonchev–Trinajstić information content (AvgIpc) is 2.59. The molecule has 1 unspecified atom stereocenters. The molecule has 3 rings (SSSR count). The second kappa shape index (κ2) is 6.48. The molecular formula is C20H21NO3. The van der Waals surface area contributed by atoms with Gasteiger partial charge in [0.2, 0.25) is 5.91 Å². The molecule has 0 bridgehead atoms. The van der Waals surface area contributed by atoms with Crippen molar-refractivity contribution in [2.75, 3.05) is 6.54 Å². The van der Waals surface area contributed by atoms with Crippen molar-refractivity contribution in [2.24, 2.45) is 0 Å². The van der Waals surface area contributed by atoms with Gasteiger partial charge in [-0.3, -0.25) is 9.59 Å². The number of aliphatic carboxylic acids is 1. The molecule has 24 heavy (non-hydrogen) atoms. The third kappa shape index (κ3) is 2.58. The Kier molecular flexibility index (Phi) is 4.38. The van der Waals surface area contributed by atoms with Gasteiger partial charge in [-0.05, 0) is 23.1 Å². The smallest absolute Gasteiger partial charge is 0.305 e. The molecular weight excluding hydrogens is 302 g/mol. The quantitative estimate of drug-likeness (QED) is 0.919. The lowest BCUT2D eigenvalue weighted by atomic mass is 9.67. The number of nitrogens with zero attached hydrogens (tertiary/aromatic N) is 1. The second-order valence-corrected chi connectivity index (χ2v) is 6.23. The first kappa shape index (κ1) is 16.2. The summed E-state index contributed by atoms with van der Waals surface area (Å²) in [5.41, 5.74) is 1.43. The molecule has 0 radical (unpaired) electrons.